The van der Waals surface area contributed by atoms with Crippen LogP contribution >= 0.6 is 0 Å². The summed E-state index contributed by atoms with van der Waals surface area (Å²) in [6, 6.07) is 61.9. The van der Waals surface area contributed by atoms with Gasteiger partial charge in [0.15, 0.2) is 5.58 Å². The lowest BCUT2D eigenvalue weighted by Crippen LogP contribution is -2.12. The predicted octanol–water partition coefficient (Wildman–Crippen LogP) is 13.4. The van der Waals surface area contributed by atoms with E-state index in [1.807, 2.05) is 12.1 Å². The molecule has 2 heterocycles. The summed E-state index contributed by atoms with van der Waals surface area (Å²) in [4.78, 5) is 2.39. The molecule has 10 aromatic rings. The van der Waals surface area contributed by atoms with Crippen molar-refractivity contribution in [2.75, 3.05) is 4.90 Å². The van der Waals surface area contributed by atoms with Crippen molar-refractivity contribution in [3.63, 3.8) is 0 Å². The highest BCUT2D eigenvalue weighted by molar-refractivity contribution is 6.23. The number of rotatable bonds is 5. The van der Waals surface area contributed by atoms with Gasteiger partial charge in [0.2, 0.25) is 0 Å². The average molecular weight is 628 g/mol. The fraction of sp³-hybridized carbons (Fsp3) is 0. The van der Waals surface area contributed by atoms with E-state index in [2.05, 4.69) is 169 Å². The van der Waals surface area contributed by atoms with Crippen LogP contribution in [-0.4, -0.2) is 0 Å². The summed E-state index contributed by atoms with van der Waals surface area (Å²) in [5.41, 5.74) is 11.1. The van der Waals surface area contributed by atoms with Crippen LogP contribution in [0.1, 0.15) is 0 Å². The van der Waals surface area contributed by atoms with Crippen LogP contribution in [-0.2, 0) is 0 Å². The summed E-state index contributed by atoms with van der Waals surface area (Å²) in [6.45, 7) is 0. The quantitative estimate of drug-likeness (QED) is 0.190. The highest BCUT2D eigenvalue weighted by Gasteiger charge is 2.26. The van der Waals surface area contributed by atoms with Crippen molar-refractivity contribution in [3.8, 4) is 22.3 Å². The molecule has 0 spiro atoms. The predicted molar refractivity (Wildman–Crippen MR) is 204 cm³/mol. The van der Waals surface area contributed by atoms with E-state index in [9.17, 15) is 0 Å². The smallest absolute Gasteiger partial charge is 0.159 e. The van der Waals surface area contributed by atoms with Gasteiger partial charge in [0.25, 0.3) is 0 Å². The van der Waals surface area contributed by atoms with E-state index in [0.29, 0.717) is 0 Å². The van der Waals surface area contributed by atoms with Gasteiger partial charge in [-0.05, 0) is 47.0 Å². The second-order valence-electron chi connectivity index (χ2n) is 12.4. The normalized spacial score (nSPS) is 11.7. The summed E-state index contributed by atoms with van der Waals surface area (Å²) in [5, 5.41) is 6.51. The molecule has 0 aliphatic heterocycles. The lowest BCUT2D eigenvalue weighted by atomic mass is 9.96. The number of furan rings is 2. The van der Waals surface area contributed by atoms with Gasteiger partial charge in [-0.2, -0.15) is 0 Å². The minimum Gasteiger partial charge on any atom is -0.455 e. The summed E-state index contributed by atoms with van der Waals surface area (Å²) >= 11 is 0. The van der Waals surface area contributed by atoms with E-state index >= 15 is 0 Å². The molecule has 0 radical (unpaired) electrons. The van der Waals surface area contributed by atoms with Crippen molar-refractivity contribution in [1.29, 1.82) is 0 Å². The first-order valence-electron chi connectivity index (χ1n) is 16.6. The zero-order chi connectivity index (χ0) is 32.3. The molecule has 0 saturated carbocycles. The van der Waals surface area contributed by atoms with Gasteiger partial charge in [-0.1, -0.05) is 146 Å². The van der Waals surface area contributed by atoms with Crippen LogP contribution in [0.25, 0.3) is 76.9 Å². The number of nitrogens with zero attached hydrogens (tertiary/aromatic N) is 1. The zero-order valence-electron chi connectivity index (χ0n) is 26.5. The van der Waals surface area contributed by atoms with Crippen molar-refractivity contribution in [2.45, 2.75) is 0 Å². The fourth-order valence-corrected chi connectivity index (χ4v) is 7.50. The molecular weight excluding hydrogens is 599 g/mol. The molecule has 0 unspecified atom stereocenters. The van der Waals surface area contributed by atoms with Gasteiger partial charge in [0.05, 0.1) is 17.1 Å². The molecule has 0 N–H and O–H groups in total. The van der Waals surface area contributed by atoms with Crippen molar-refractivity contribution in [1.82, 2.24) is 0 Å². The molecule has 8 aromatic carbocycles. The Balaban J connectivity index is 1.36. The van der Waals surface area contributed by atoms with Crippen molar-refractivity contribution in [3.05, 3.63) is 176 Å². The van der Waals surface area contributed by atoms with Gasteiger partial charge in [-0.15, -0.1) is 0 Å². The minimum atomic E-state index is 0.845. The van der Waals surface area contributed by atoms with Gasteiger partial charge < -0.3 is 13.7 Å². The van der Waals surface area contributed by atoms with Crippen LogP contribution in [0.15, 0.2) is 185 Å². The Hall–Kier alpha value is -6.58. The van der Waals surface area contributed by atoms with Crippen molar-refractivity contribution in [2.24, 2.45) is 0 Å². The molecule has 0 fully saturated rings. The van der Waals surface area contributed by atoms with Crippen LogP contribution in [0.4, 0.5) is 17.1 Å². The lowest BCUT2D eigenvalue weighted by Gasteiger charge is -2.29. The van der Waals surface area contributed by atoms with E-state index in [4.69, 9.17) is 8.83 Å². The fourth-order valence-electron chi connectivity index (χ4n) is 7.50. The highest BCUT2D eigenvalue weighted by atomic mass is 16.3. The molecule has 230 valence electrons. The van der Waals surface area contributed by atoms with Gasteiger partial charge in [0, 0.05) is 37.9 Å². The van der Waals surface area contributed by atoms with E-state index in [1.165, 1.54) is 0 Å². The molecule has 2 aromatic heterocycles. The van der Waals surface area contributed by atoms with Crippen molar-refractivity contribution >= 4 is 71.7 Å². The molecule has 49 heavy (non-hydrogen) atoms. The average Bonchev–Trinajstić information content (AvgIpc) is 3.75. The maximum absolute atomic E-state index is 6.74. The maximum atomic E-state index is 6.74. The Morgan fingerprint density at radius 2 is 0.857 bits per heavy atom. The van der Waals surface area contributed by atoms with E-state index < -0.39 is 0 Å². The molecule has 0 bridgehead atoms. The number of para-hydroxylation sites is 3. The molecule has 0 atom stereocenters. The van der Waals surface area contributed by atoms with Crippen LogP contribution < -0.4 is 4.90 Å². The molecule has 3 nitrogen and oxygen atoms in total. The Morgan fingerprint density at radius 3 is 1.67 bits per heavy atom. The monoisotopic (exact) mass is 627 g/mol. The standard InChI is InChI=1S/C46H29NO2/c1-3-15-30(16-4-1)32-19-9-11-25-39(32)47(40-26-13-24-37-35-21-10-12-27-42(35)48-46(37)40)41-29-38-44-33(31-17-5-2-6-18-31)23-14-28-43(44)49-45(38)36-22-8-7-20-34(36)41/h1-29H. The molecule has 0 aliphatic carbocycles. The Labute approximate surface area is 282 Å². The Bertz CT molecular complexity index is 2830. The minimum absolute atomic E-state index is 0.845. The summed E-state index contributed by atoms with van der Waals surface area (Å²) in [6.07, 6.45) is 0. The first kappa shape index (κ1) is 27.5. The third-order valence-electron chi connectivity index (χ3n) is 9.66. The summed E-state index contributed by atoms with van der Waals surface area (Å²) in [7, 11) is 0. The first-order valence-corrected chi connectivity index (χ1v) is 16.6. The molecular formula is C46H29NO2. The first-order chi connectivity index (χ1) is 24.3. The number of hydrogen-bond acceptors (Lipinski definition) is 3. The van der Waals surface area contributed by atoms with Crippen molar-refractivity contribution < 1.29 is 8.83 Å². The number of hydrogen-bond donors (Lipinski definition) is 0. The van der Waals surface area contributed by atoms with Gasteiger partial charge in [0.1, 0.15) is 16.7 Å². The van der Waals surface area contributed by atoms with Gasteiger partial charge in [-0.3, -0.25) is 0 Å². The second-order valence-corrected chi connectivity index (χ2v) is 12.4. The second kappa shape index (κ2) is 11.0. The third-order valence-corrected chi connectivity index (χ3v) is 9.66. The molecule has 0 saturated heterocycles. The lowest BCUT2D eigenvalue weighted by molar-refractivity contribution is 0.669. The van der Waals surface area contributed by atoms with E-state index in [-0.39, 0.29) is 0 Å². The molecule has 0 amide bonds. The van der Waals surface area contributed by atoms with Crippen LogP contribution in [0.2, 0.25) is 0 Å². The SMILES string of the molecule is c1ccc(-c2ccccc2N(c2cc3c(oc4cccc(-c5ccccc5)c43)c3ccccc23)c2cccc3c2oc2ccccc23)cc1. The molecule has 10 rings (SSSR count). The number of benzene rings is 8. The summed E-state index contributed by atoms with van der Waals surface area (Å²) in [5.74, 6) is 0. The van der Waals surface area contributed by atoms with Gasteiger partial charge >= 0.3 is 0 Å². The van der Waals surface area contributed by atoms with Crippen LogP contribution in [0.5, 0.6) is 0 Å². The van der Waals surface area contributed by atoms with E-state index in [0.717, 1.165) is 94.0 Å². The van der Waals surface area contributed by atoms with Gasteiger partial charge in [-0.25, -0.2) is 0 Å². The van der Waals surface area contributed by atoms with Crippen LogP contribution in [0.3, 0.4) is 0 Å². The number of fused-ring (bicyclic) bond motifs is 8. The van der Waals surface area contributed by atoms with Crippen LogP contribution in [0, 0.1) is 0 Å². The summed E-state index contributed by atoms with van der Waals surface area (Å²) < 4.78 is 13.5. The largest absolute Gasteiger partial charge is 0.455 e. The molecule has 3 heteroatoms. The topological polar surface area (TPSA) is 29.5 Å². The molecule has 0 aliphatic rings. The third kappa shape index (κ3) is 4.29. The Morgan fingerprint density at radius 1 is 0.327 bits per heavy atom. The number of anilines is 3. The Kier molecular flexibility index (Phi) is 6.18. The highest BCUT2D eigenvalue weighted by Crippen LogP contribution is 2.50. The maximum Gasteiger partial charge on any atom is 0.159 e. The zero-order valence-corrected chi connectivity index (χ0v) is 26.5. The van der Waals surface area contributed by atoms with E-state index in [1.54, 1.807) is 0 Å².